The molecule has 7 heteroatoms. The molecule has 0 fully saturated rings. The Morgan fingerprint density at radius 2 is 1.62 bits per heavy atom. The third kappa shape index (κ3) is 3.73. The summed E-state index contributed by atoms with van der Waals surface area (Å²) in [6.45, 7) is 0.549. The summed E-state index contributed by atoms with van der Waals surface area (Å²) in [7, 11) is 0. The summed E-state index contributed by atoms with van der Waals surface area (Å²) in [5.41, 5.74) is 1.11. The summed E-state index contributed by atoms with van der Waals surface area (Å²) in [5.74, 6) is 0.617. The third-order valence-corrected chi connectivity index (χ3v) is 5.35. The number of alkyl halides is 3. The zero-order valence-corrected chi connectivity index (χ0v) is 16.8. The van der Waals surface area contributed by atoms with Crippen molar-refractivity contribution in [2.45, 2.75) is 12.7 Å². The van der Waals surface area contributed by atoms with E-state index in [2.05, 4.69) is 44.5 Å². The lowest BCUT2D eigenvalue weighted by Gasteiger charge is -2.13. The van der Waals surface area contributed by atoms with Gasteiger partial charge in [-0.2, -0.15) is 13.2 Å². The molecule has 0 radical (unpaired) electrons. The average molecular weight is 430 g/mol. The zero-order chi connectivity index (χ0) is 22.1. The molecule has 0 amide bonds. The van der Waals surface area contributed by atoms with Crippen molar-refractivity contribution in [3.63, 3.8) is 0 Å². The Morgan fingerprint density at radius 3 is 2.50 bits per heavy atom. The van der Waals surface area contributed by atoms with Gasteiger partial charge in [-0.1, -0.05) is 48.5 Å². The molecule has 1 N–H and O–H groups in total. The van der Waals surface area contributed by atoms with Crippen molar-refractivity contribution in [1.82, 2.24) is 15.0 Å². The molecule has 158 valence electrons. The number of rotatable bonds is 4. The summed E-state index contributed by atoms with van der Waals surface area (Å²) in [6.07, 6.45) is -1.73. The van der Waals surface area contributed by atoms with Crippen molar-refractivity contribution in [1.29, 1.82) is 0 Å². The van der Waals surface area contributed by atoms with Crippen molar-refractivity contribution < 1.29 is 13.2 Å². The van der Waals surface area contributed by atoms with Gasteiger partial charge in [-0.15, -0.1) is 0 Å². The first-order valence-electron chi connectivity index (χ1n) is 9.98. The molecule has 0 aliphatic heterocycles. The molecule has 0 saturated heterocycles. The summed E-state index contributed by atoms with van der Waals surface area (Å²) >= 11 is 0. The lowest BCUT2D eigenvalue weighted by atomic mass is 10.0. The SMILES string of the molecule is FC(F)(F)c1cccnc1-c1ccc2c(NCc3cccc4ccccc34)ncnc2c1. The highest BCUT2D eigenvalue weighted by Gasteiger charge is 2.34. The molecule has 0 bridgehead atoms. The monoisotopic (exact) mass is 430 g/mol. The van der Waals surface area contributed by atoms with Gasteiger partial charge in [-0.3, -0.25) is 4.98 Å². The highest BCUT2D eigenvalue weighted by Crippen LogP contribution is 2.36. The maximum atomic E-state index is 13.4. The maximum absolute atomic E-state index is 13.4. The van der Waals surface area contributed by atoms with E-state index in [0.717, 1.165) is 27.8 Å². The number of fused-ring (bicyclic) bond motifs is 2. The van der Waals surface area contributed by atoms with Crippen LogP contribution in [-0.2, 0) is 12.7 Å². The summed E-state index contributed by atoms with van der Waals surface area (Å²) in [4.78, 5) is 12.6. The van der Waals surface area contributed by atoms with Crippen molar-refractivity contribution in [3.8, 4) is 11.3 Å². The Morgan fingerprint density at radius 1 is 0.781 bits per heavy atom. The number of nitrogens with one attached hydrogen (secondary N) is 1. The van der Waals surface area contributed by atoms with Crippen LogP contribution in [-0.4, -0.2) is 15.0 Å². The van der Waals surface area contributed by atoms with Crippen molar-refractivity contribution >= 4 is 27.5 Å². The van der Waals surface area contributed by atoms with Crippen LogP contribution in [0.25, 0.3) is 32.9 Å². The molecule has 0 unspecified atom stereocenters. The van der Waals surface area contributed by atoms with Crippen LogP contribution in [0.3, 0.4) is 0 Å². The molecule has 0 atom stereocenters. The Kier molecular flexibility index (Phi) is 4.93. The third-order valence-electron chi connectivity index (χ3n) is 5.35. The number of hydrogen-bond acceptors (Lipinski definition) is 4. The Balaban J connectivity index is 1.49. The number of benzene rings is 3. The highest BCUT2D eigenvalue weighted by molar-refractivity contribution is 5.92. The first kappa shape index (κ1) is 19.9. The molecule has 0 spiro atoms. The van der Waals surface area contributed by atoms with Crippen LogP contribution < -0.4 is 5.32 Å². The van der Waals surface area contributed by atoms with Crippen LogP contribution in [0.15, 0.2) is 85.3 Å². The van der Waals surface area contributed by atoms with E-state index >= 15 is 0 Å². The quantitative estimate of drug-likeness (QED) is 0.355. The van der Waals surface area contributed by atoms with Crippen LogP contribution in [0.1, 0.15) is 11.1 Å². The number of halogens is 3. The van der Waals surface area contributed by atoms with E-state index in [9.17, 15) is 13.2 Å². The van der Waals surface area contributed by atoms with Gasteiger partial charge < -0.3 is 5.32 Å². The smallest absolute Gasteiger partial charge is 0.365 e. The van der Waals surface area contributed by atoms with Gasteiger partial charge in [0.05, 0.1) is 16.8 Å². The van der Waals surface area contributed by atoms with E-state index in [1.807, 2.05) is 18.2 Å². The second-order valence-corrected chi connectivity index (χ2v) is 7.34. The largest absolute Gasteiger partial charge is 0.418 e. The second-order valence-electron chi connectivity index (χ2n) is 7.34. The fourth-order valence-electron chi connectivity index (χ4n) is 3.83. The van der Waals surface area contributed by atoms with Crippen LogP contribution in [0, 0.1) is 0 Å². The molecule has 0 saturated carbocycles. The van der Waals surface area contributed by atoms with Crippen molar-refractivity contribution in [2.75, 3.05) is 5.32 Å². The lowest BCUT2D eigenvalue weighted by molar-refractivity contribution is -0.137. The molecule has 4 nitrogen and oxygen atoms in total. The minimum Gasteiger partial charge on any atom is -0.365 e. The van der Waals surface area contributed by atoms with E-state index in [0.29, 0.717) is 23.4 Å². The van der Waals surface area contributed by atoms with Gasteiger partial charge in [0.1, 0.15) is 12.1 Å². The molecule has 5 rings (SSSR count). The number of aromatic nitrogens is 3. The summed E-state index contributed by atoms with van der Waals surface area (Å²) in [6, 6.07) is 21.5. The number of hydrogen-bond donors (Lipinski definition) is 1. The molecule has 5 aromatic rings. The molecule has 0 aliphatic carbocycles. The fourth-order valence-corrected chi connectivity index (χ4v) is 3.83. The van der Waals surface area contributed by atoms with Gasteiger partial charge in [0.2, 0.25) is 0 Å². The van der Waals surface area contributed by atoms with E-state index in [4.69, 9.17) is 0 Å². The van der Waals surface area contributed by atoms with Gasteiger partial charge in [-0.25, -0.2) is 9.97 Å². The Bertz CT molecular complexity index is 1420. The first-order chi connectivity index (χ1) is 15.5. The minimum atomic E-state index is -4.49. The predicted octanol–water partition coefficient (Wildman–Crippen LogP) is 6.48. The zero-order valence-electron chi connectivity index (χ0n) is 16.8. The van der Waals surface area contributed by atoms with Crippen molar-refractivity contribution in [2.24, 2.45) is 0 Å². The van der Waals surface area contributed by atoms with Crippen LogP contribution in [0.4, 0.5) is 19.0 Å². The van der Waals surface area contributed by atoms with Gasteiger partial charge >= 0.3 is 6.18 Å². The summed E-state index contributed by atoms with van der Waals surface area (Å²) in [5, 5.41) is 6.37. The molecule has 2 heterocycles. The normalized spacial score (nSPS) is 11.7. The van der Waals surface area contributed by atoms with E-state index in [1.165, 1.54) is 18.6 Å². The second kappa shape index (κ2) is 7.92. The lowest BCUT2D eigenvalue weighted by Crippen LogP contribution is -2.08. The minimum absolute atomic E-state index is 0.120. The molecular weight excluding hydrogens is 413 g/mol. The molecule has 3 aromatic carbocycles. The molecule has 0 aliphatic rings. The van der Waals surface area contributed by atoms with Gasteiger partial charge in [0, 0.05) is 23.7 Å². The van der Waals surface area contributed by atoms with Crippen LogP contribution in [0.2, 0.25) is 0 Å². The highest BCUT2D eigenvalue weighted by atomic mass is 19.4. The Labute approximate surface area is 181 Å². The van der Waals surface area contributed by atoms with Gasteiger partial charge in [0.25, 0.3) is 0 Å². The summed E-state index contributed by atoms with van der Waals surface area (Å²) < 4.78 is 40.2. The number of anilines is 1. The van der Waals surface area contributed by atoms with Crippen LogP contribution >= 0.6 is 0 Å². The molecular formula is C25H17F3N4. The molecule has 32 heavy (non-hydrogen) atoms. The van der Waals surface area contributed by atoms with Gasteiger partial charge in [-0.05, 0) is 40.6 Å². The average Bonchev–Trinajstić information content (AvgIpc) is 2.81. The van der Waals surface area contributed by atoms with E-state index in [1.54, 1.807) is 18.2 Å². The number of nitrogens with zero attached hydrogens (tertiary/aromatic N) is 3. The predicted molar refractivity (Wildman–Crippen MR) is 119 cm³/mol. The fraction of sp³-hybridized carbons (Fsp3) is 0.0800. The van der Waals surface area contributed by atoms with Crippen LogP contribution in [0.5, 0.6) is 0 Å². The topological polar surface area (TPSA) is 50.7 Å². The van der Waals surface area contributed by atoms with Gasteiger partial charge in [0.15, 0.2) is 0 Å². The molecule has 2 aromatic heterocycles. The number of pyridine rings is 1. The van der Waals surface area contributed by atoms with E-state index < -0.39 is 11.7 Å². The van der Waals surface area contributed by atoms with Crippen molar-refractivity contribution in [3.05, 3.63) is 96.4 Å². The Hall–Kier alpha value is -4.00. The maximum Gasteiger partial charge on any atom is 0.418 e. The standard InChI is InChI=1S/C25H17F3N4/c26-25(27,28)21-9-4-12-29-23(21)17-10-11-20-22(13-17)31-15-32-24(20)30-14-18-7-3-6-16-5-1-2-8-19(16)18/h1-13,15H,14H2,(H,30,31,32). The first-order valence-corrected chi connectivity index (χ1v) is 9.98. The van der Waals surface area contributed by atoms with E-state index in [-0.39, 0.29) is 5.69 Å².